The van der Waals surface area contributed by atoms with Gasteiger partial charge in [0.2, 0.25) is 0 Å². The van der Waals surface area contributed by atoms with E-state index in [9.17, 15) is 14.9 Å². The zero-order chi connectivity index (χ0) is 14.9. The number of hydrogen-bond acceptors (Lipinski definition) is 5. The number of nitrogen functional groups attached to an aromatic ring is 1. The highest BCUT2D eigenvalue weighted by Gasteiger charge is 2.31. The van der Waals surface area contributed by atoms with E-state index in [4.69, 9.17) is 5.73 Å². The van der Waals surface area contributed by atoms with Crippen LogP contribution in [0.15, 0.2) is 18.2 Å². The van der Waals surface area contributed by atoms with Crippen LogP contribution in [0, 0.1) is 10.1 Å². The molecule has 20 heavy (non-hydrogen) atoms. The SMILES string of the molecule is CC1NCCN(C(=O)c2cccc([N+](=O)[O-])c2N)C1C. The van der Waals surface area contributed by atoms with Crippen molar-refractivity contribution in [2.75, 3.05) is 18.8 Å². The molecule has 108 valence electrons. The number of amides is 1. The minimum atomic E-state index is -0.573. The van der Waals surface area contributed by atoms with Crippen molar-refractivity contribution in [1.82, 2.24) is 10.2 Å². The van der Waals surface area contributed by atoms with Crippen LogP contribution in [-0.2, 0) is 0 Å². The second-order valence-corrected chi connectivity index (χ2v) is 4.98. The summed E-state index contributed by atoms with van der Waals surface area (Å²) in [5, 5.41) is 14.2. The van der Waals surface area contributed by atoms with Crippen molar-refractivity contribution in [3.8, 4) is 0 Å². The Morgan fingerprint density at radius 2 is 2.20 bits per heavy atom. The van der Waals surface area contributed by atoms with Crippen LogP contribution < -0.4 is 11.1 Å². The van der Waals surface area contributed by atoms with Gasteiger partial charge in [-0.15, -0.1) is 0 Å². The summed E-state index contributed by atoms with van der Waals surface area (Å²) >= 11 is 0. The van der Waals surface area contributed by atoms with Crippen molar-refractivity contribution in [2.24, 2.45) is 0 Å². The number of piperazine rings is 1. The molecule has 0 aliphatic carbocycles. The maximum absolute atomic E-state index is 12.5. The molecule has 0 spiro atoms. The molecule has 1 saturated heterocycles. The third kappa shape index (κ3) is 2.44. The van der Waals surface area contributed by atoms with Crippen molar-refractivity contribution in [2.45, 2.75) is 25.9 Å². The van der Waals surface area contributed by atoms with Gasteiger partial charge < -0.3 is 16.0 Å². The Hall–Kier alpha value is -2.15. The average molecular weight is 278 g/mol. The number of nitrogens with zero attached hydrogens (tertiary/aromatic N) is 2. The molecule has 1 fully saturated rings. The maximum Gasteiger partial charge on any atom is 0.292 e. The molecule has 7 heteroatoms. The van der Waals surface area contributed by atoms with E-state index in [0.29, 0.717) is 13.1 Å². The molecule has 1 aliphatic rings. The quantitative estimate of drug-likeness (QED) is 0.477. The molecule has 1 aromatic carbocycles. The first-order valence-corrected chi connectivity index (χ1v) is 6.50. The molecule has 2 rings (SSSR count). The Morgan fingerprint density at radius 1 is 1.50 bits per heavy atom. The van der Waals surface area contributed by atoms with Gasteiger partial charge in [-0.25, -0.2) is 0 Å². The summed E-state index contributed by atoms with van der Waals surface area (Å²) in [6.45, 7) is 5.21. The topological polar surface area (TPSA) is 102 Å². The van der Waals surface area contributed by atoms with Crippen molar-refractivity contribution in [3.05, 3.63) is 33.9 Å². The minimum Gasteiger partial charge on any atom is -0.393 e. The number of hydrogen-bond donors (Lipinski definition) is 2. The molecular weight excluding hydrogens is 260 g/mol. The number of rotatable bonds is 2. The van der Waals surface area contributed by atoms with Crippen LogP contribution in [0.3, 0.4) is 0 Å². The summed E-state index contributed by atoms with van der Waals surface area (Å²) in [7, 11) is 0. The molecule has 0 radical (unpaired) electrons. The highest BCUT2D eigenvalue weighted by Crippen LogP contribution is 2.26. The molecule has 3 N–H and O–H groups in total. The highest BCUT2D eigenvalue weighted by atomic mass is 16.6. The van der Waals surface area contributed by atoms with Crippen LogP contribution in [-0.4, -0.2) is 40.9 Å². The van der Waals surface area contributed by atoms with Gasteiger partial charge in [-0.2, -0.15) is 0 Å². The molecule has 7 nitrogen and oxygen atoms in total. The lowest BCUT2D eigenvalue weighted by Crippen LogP contribution is -2.57. The number of nitrogens with one attached hydrogen (secondary N) is 1. The summed E-state index contributed by atoms with van der Waals surface area (Å²) in [5.74, 6) is -0.257. The normalized spacial score (nSPS) is 22.6. The van der Waals surface area contributed by atoms with E-state index < -0.39 is 4.92 Å². The number of benzene rings is 1. The first kappa shape index (κ1) is 14.3. The van der Waals surface area contributed by atoms with E-state index in [-0.39, 0.29) is 34.9 Å². The summed E-state index contributed by atoms with van der Waals surface area (Å²) < 4.78 is 0. The standard InChI is InChI=1S/C13H18N4O3/c1-8-9(2)16(7-6-15-8)13(18)10-4-3-5-11(12(10)14)17(19)20/h3-5,8-9,15H,6-7,14H2,1-2H3. The number of nitrogens with two attached hydrogens (primary N) is 1. The summed E-state index contributed by atoms with van der Waals surface area (Å²) in [5.41, 5.74) is 5.66. The lowest BCUT2D eigenvalue weighted by molar-refractivity contribution is -0.383. The van der Waals surface area contributed by atoms with Gasteiger partial charge in [0.15, 0.2) is 0 Å². The van der Waals surface area contributed by atoms with E-state index in [1.54, 1.807) is 4.90 Å². The Morgan fingerprint density at radius 3 is 2.85 bits per heavy atom. The molecular formula is C13H18N4O3. The molecule has 0 aromatic heterocycles. The van der Waals surface area contributed by atoms with E-state index >= 15 is 0 Å². The summed E-state index contributed by atoms with van der Waals surface area (Å²) in [6.07, 6.45) is 0. The molecule has 2 unspecified atom stereocenters. The molecule has 0 saturated carbocycles. The molecule has 2 atom stereocenters. The van der Waals surface area contributed by atoms with E-state index in [1.165, 1.54) is 18.2 Å². The molecule has 1 aliphatic heterocycles. The van der Waals surface area contributed by atoms with Gasteiger partial charge >= 0.3 is 0 Å². The van der Waals surface area contributed by atoms with Gasteiger partial charge in [-0.1, -0.05) is 6.07 Å². The molecule has 1 heterocycles. The van der Waals surface area contributed by atoms with Crippen LogP contribution in [0.1, 0.15) is 24.2 Å². The zero-order valence-electron chi connectivity index (χ0n) is 11.5. The Balaban J connectivity index is 2.34. The second-order valence-electron chi connectivity index (χ2n) is 4.98. The first-order chi connectivity index (χ1) is 9.43. The molecule has 1 amide bonds. The predicted octanol–water partition coefficient (Wildman–Crippen LogP) is 0.999. The van der Waals surface area contributed by atoms with E-state index in [2.05, 4.69) is 5.32 Å². The van der Waals surface area contributed by atoms with Crippen LogP contribution in [0.5, 0.6) is 0 Å². The molecule has 0 bridgehead atoms. The number of anilines is 1. The van der Waals surface area contributed by atoms with Crippen LogP contribution in [0.25, 0.3) is 0 Å². The fourth-order valence-corrected chi connectivity index (χ4v) is 2.40. The maximum atomic E-state index is 12.5. The fourth-order valence-electron chi connectivity index (χ4n) is 2.40. The second kappa shape index (κ2) is 5.46. The van der Waals surface area contributed by atoms with Crippen LogP contribution >= 0.6 is 0 Å². The number of carbonyl (C=O) groups excluding carboxylic acids is 1. The van der Waals surface area contributed by atoms with Gasteiger partial charge in [0, 0.05) is 31.2 Å². The monoisotopic (exact) mass is 278 g/mol. The lowest BCUT2D eigenvalue weighted by Gasteiger charge is -2.38. The third-order valence-corrected chi connectivity index (χ3v) is 3.81. The van der Waals surface area contributed by atoms with Crippen molar-refractivity contribution in [1.29, 1.82) is 0 Å². The van der Waals surface area contributed by atoms with Crippen molar-refractivity contribution < 1.29 is 9.72 Å². The third-order valence-electron chi connectivity index (χ3n) is 3.81. The summed E-state index contributed by atoms with van der Waals surface area (Å²) in [4.78, 5) is 24.6. The fraction of sp³-hybridized carbons (Fsp3) is 0.462. The van der Waals surface area contributed by atoms with Crippen molar-refractivity contribution in [3.63, 3.8) is 0 Å². The minimum absolute atomic E-state index is 0.00918. The van der Waals surface area contributed by atoms with Gasteiger partial charge in [0.25, 0.3) is 11.6 Å². The Bertz CT molecular complexity index is 546. The van der Waals surface area contributed by atoms with Crippen LogP contribution in [0.2, 0.25) is 0 Å². The lowest BCUT2D eigenvalue weighted by atomic mass is 10.0. The van der Waals surface area contributed by atoms with Gasteiger partial charge in [0.05, 0.1) is 10.5 Å². The van der Waals surface area contributed by atoms with Gasteiger partial charge in [0.1, 0.15) is 5.69 Å². The van der Waals surface area contributed by atoms with E-state index in [0.717, 1.165) is 0 Å². The van der Waals surface area contributed by atoms with Crippen LogP contribution in [0.4, 0.5) is 11.4 Å². The smallest absolute Gasteiger partial charge is 0.292 e. The van der Waals surface area contributed by atoms with Gasteiger partial charge in [-0.3, -0.25) is 14.9 Å². The largest absolute Gasteiger partial charge is 0.393 e. The zero-order valence-corrected chi connectivity index (χ0v) is 11.5. The van der Waals surface area contributed by atoms with Gasteiger partial charge in [-0.05, 0) is 19.9 Å². The number of nitro benzene ring substituents is 1. The Labute approximate surface area is 116 Å². The van der Waals surface area contributed by atoms with Crippen molar-refractivity contribution >= 4 is 17.3 Å². The molecule has 1 aromatic rings. The predicted molar refractivity (Wildman–Crippen MR) is 75.5 cm³/mol. The van der Waals surface area contributed by atoms with E-state index in [1.807, 2.05) is 13.8 Å². The number of nitro groups is 1. The average Bonchev–Trinajstić information content (AvgIpc) is 2.41. The highest BCUT2D eigenvalue weighted by molar-refractivity contribution is 6.01. The first-order valence-electron chi connectivity index (χ1n) is 6.50. The summed E-state index contributed by atoms with van der Waals surface area (Å²) in [6, 6.07) is 4.50. The Kier molecular flexibility index (Phi) is 3.89. The number of carbonyl (C=O) groups is 1. The number of para-hydroxylation sites is 1.